The summed E-state index contributed by atoms with van der Waals surface area (Å²) in [7, 11) is 0. The van der Waals surface area contributed by atoms with Crippen molar-refractivity contribution in [1.29, 1.82) is 0 Å². The Balaban J connectivity index is 1.86. The number of benzene rings is 1. The van der Waals surface area contributed by atoms with Crippen LogP contribution in [-0.2, 0) is 4.79 Å². The van der Waals surface area contributed by atoms with Gasteiger partial charge in [-0.1, -0.05) is 30.7 Å². The predicted octanol–water partition coefficient (Wildman–Crippen LogP) is 2.91. The Kier molecular flexibility index (Phi) is 5.62. The number of nitrogens with zero attached hydrogens (tertiary/aromatic N) is 2. The summed E-state index contributed by atoms with van der Waals surface area (Å²) in [6, 6.07) is 7.50. The van der Waals surface area contributed by atoms with Gasteiger partial charge in [0.05, 0.1) is 0 Å². The van der Waals surface area contributed by atoms with E-state index in [0.29, 0.717) is 5.02 Å². The van der Waals surface area contributed by atoms with E-state index in [4.69, 9.17) is 11.6 Å². The first-order valence-corrected chi connectivity index (χ1v) is 7.51. The summed E-state index contributed by atoms with van der Waals surface area (Å²) in [5, 5.41) is 0.688. The number of hydrogen-bond acceptors (Lipinski definition) is 2. The van der Waals surface area contributed by atoms with Gasteiger partial charge in [0.15, 0.2) is 0 Å². The van der Waals surface area contributed by atoms with Gasteiger partial charge < -0.3 is 4.90 Å². The molecule has 1 aromatic carbocycles. The summed E-state index contributed by atoms with van der Waals surface area (Å²) in [5.41, 5.74) is 0.954. The molecule has 1 aliphatic rings. The van der Waals surface area contributed by atoms with Crippen LogP contribution >= 0.6 is 11.6 Å². The van der Waals surface area contributed by atoms with Crippen molar-refractivity contribution in [2.45, 2.75) is 13.3 Å². The second-order valence-electron chi connectivity index (χ2n) is 5.06. The summed E-state index contributed by atoms with van der Waals surface area (Å²) in [6.07, 6.45) is 4.64. The molecule has 1 heterocycles. The standard InChI is InChI=1S/C16H21ClN2O/c1-2-8-18-9-11-19(12-10-18)16(20)7-6-14-4-3-5-15(17)13-14/h3-7,13H,2,8-12H2,1H3. The highest BCUT2D eigenvalue weighted by atomic mass is 35.5. The van der Waals surface area contributed by atoms with Crippen molar-refractivity contribution in [2.24, 2.45) is 0 Å². The van der Waals surface area contributed by atoms with Crippen LogP contribution in [0, 0.1) is 0 Å². The molecule has 3 nitrogen and oxygen atoms in total. The highest BCUT2D eigenvalue weighted by molar-refractivity contribution is 6.30. The molecule has 0 aromatic heterocycles. The van der Waals surface area contributed by atoms with Gasteiger partial charge in [0.25, 0.3) is 0 Å². The van der Waals surface area contributed by atoms with Crippen LogP contribution in [0.4, 0.5) is 0 Å². The van der Waals surface area contributed by atoms with Gasteiger partial charge in [-0.05, 0) is 36.7 Å². The predicted molar refractivity (Wildman–Crippen MR) is 83.8 cm³/mol. The van der Waals surface area contributed by atoms with Crippen molar-refractivity contribution in [3.63, 3.8) is 0 Å². The minimum Gasteiger partial charge on any atom is -0.337 e. The average molecular weight is 293 g/mol. The van der Waals surface area contributed by atoms with Crippen LogP contribution in [0.15, 0.2) is 30.3 Å². The van der Waals surface area contributed by atoms with Gasteiger partial charge in [-0.2, -0.15) is 0 Å². The molecule has 0 atom stereocenters. The summed E-state index contributed by atoms with van der Waals surface area (Å²) in [5.74, 6) is 0.0844. The fourth-order valence-electron chi connectivity index (χ4n) is 2.39. The Bertz CT molecular complexity index is 479. The van der Waals surface area contributed by atoms with Gasteiger partial charge in [0, 0.05) is 37.3 Å². The van der Waals surface area contributed by atoms with E-state index in [9.17, 15) is 4.79 Å². The fraction of sp³-hybridized carbons (Fsp3) is 0.438. The van der Waals surface area contributed by atoms with E-state index in [1.54, 1.807) is 6.08 Å². The van der Waals surface area contributed by atoms with E-state index in [-0.39, 0.29) is 5.91 Å². The first-order chi connectivity index (χ1) is 9.69. The lowest BCUT2D eigenvalue weighted by Crippen LogP contribution is -2.48. The lowest BCUT2D eigenvalue weighted by Gasteiger charge is -2.34. The first kappa shape index (κ1) is 15.1. The Labute approximate surface area is 125 Å². The third kappa shape index (κ3) is 4.36. The molecule has 1 amide bonds. The normalized spacial score (nSPS) is 16.8. The Morgan fingerprint density at radius 3 is 2.70 bits per heavy atom. The maximum atomic E-state index is 12.1. The van der Waals surface area contributed by atoms with Crippen LogP contribution in [0.5, 0.6) is 0 Å². The van der Waals surface area contributed by atoms with Crippen LogP contribution in [0.1, 0.15) is 18.9 Å². The molecule has 108 valence electrons. The van der Waals surface area contributed by atoms with Gasteiger partial charge in [-0.25, -0.2) is 0 Å². The van der Waals surface area contributed by atoms with Crippen LogP contribution in [-0.4, -0.2) is 48.4 Å². The Morgan fingerprint density at radius 2 is 2.05 bits per heavy atom. The van der Waals surface area contributed by atoms with Crippen molar-refractivity contribution >= 4 is 23.6 Å². The number of rotatable bonds is 4. The lowest BCUT2D eigenvalue weighted by molar-refractivity contribution is -0.127. The zero-order valence-corrected chi connectivity index (χ0v) is 12.6. The van der Waals surface area contributed by atoms with Crippen molar-refractivity contribution in [3.8, 4) is 0 Å². The van der Waals surface area contributed by atoms with Crippen LogP contribution in [0.2, 0.25) is 5.02 Å². The highest BCUT2D eigenvalue weighted by Gasteiger charge is 2.18. The Hall–Kier alpha value is -1.32. The molecule has 2 rings (SSSR count). The van der Waals surface area contributed by atoms with Crippen LogP contribution in [0.3, 0.4) is 0 Å². The SMILES string of the molecule is CCCN1CCN(C(=O)C=Cc2cccc(Cl)c2)CC1. The molecule has 1 fully saturated rings. The van der Waals surface area contributed by atoms with Crippen LogP contribution < -0.4 is 0 Å². The average Bonchev–Trinajstić information content (AvgIpc) is 2.46. The topological polar surface area (TPSA) is 23.6 Å². The minimum absolute atomic E-state index is 0.0844. The van der Waals surface area contributed by atoms with E-state index < -0.39 is 0 Å². The van der Waals surface area contributed by atoms with Crippen molar-refractivity contribution in [1.82, 2.24) is 9.80 Å². The highest BCUT2D eigenvalue weighted by Crippen LogP contribution is 2.12. The molecule has 0 unspecified atom stereocenters. The smallest absolute Gasteiger partial charge is 0.246 e. The third-order valence-corrected chi connectivity index (χ3v) is 3.73. The molecule has 0 bridgehead atoms. The minimum atomic E-state index is 0.0844. The monoisotopic (exact) mass is 292 g/mol. The maximum Gasteiger partial charge on any atom is 0.246 e. The Morgan fingerprint density at radius 1 is 1.30 bits per heavy atom. The van der Waals surface area contributed by atoms with Gasteiger partial charge in [0.1, 0.15) is 0 Å². The third-order valence-electron chi connectivity index (χ3n) is 3.49. The number of piperazine rings is 1. The molecular formula is C16H21ClN2O. The van der Waals surface area contributed by atoms with Crippen molar-refractivity contribution < 1.29 is 4.79 Å². The number of carbonyl (C=O) groups excluding carboxylic acids is 1. The zero-order valence-electron chi connectivity index (χ0n) is 11.9. The first-order valence-electron chi connectivity index (χ1n) is 7.14. The molecule has 0 aliphatic carbocycles. The van der Waals surface area contributed by atoms with E-state index in [0.717, 1.165) is 38.3 Å². The van der Waals surface area contributed by atoms with E-state index in [2.05, 4.69) is 11.8 Å². The summed E-state index contributed by atoms with van der Waals surface area (Å²) < 4.78 is 0. The molecule has 1 aromatic rings. The molecule has 0 radical (unpaired) electrons. The number of carbonyl (C=O) groups is 1. The van der Waals surface area contributed by atoms with Gasteiger partial charge >= 0.3 is 0 Å². The van der Waals surface area contributed by atoms with Gasteiger partial charge in [0.2, 0.25) is 5.91 Å². The quantitative estimate of drug-likeness (QED) is 0.797. The summed E-state index contributed by atoms with van der Waals surface area (Å²) in [4.78, 5) is 16.4. The summed E-state index contributed by atoms with van der Waals surface area (Å²) in [6.45, 7) is 6.90. The molecule has 1 saturated heterocycles. The summed E-state index contributed by atoms with van der Waals surface area (Å²) >= 11 is 5.92. The number of hydrogen-bond donors (Lipinski definition) is 0. The molecule has 20 heavy (non-hydrogen) atoms. The molecule has 0 saturated carbocycles. The molecular weight excluding hydrogens is 272 g/mol. The largest absolute Gasteiger partial charge is 0.337 e. The molecule has 0 N–H and O–H groups in total. The van der Waals surface area contributed by atoms with Crippen molar-refractivity contribution in [2.75, 3.05) is 32.7 Å². The van der Waals surface area contributed by atoms with Crippen LogP contribution in [0.25, 0.3) is 6.08 Å². The number of amides is 1. The van der Waals surface area contributed by atoms with E-state index >= 15 is 0 Å². The maximum absolute atomic E-state index is 12.1. The molecule has 4 heteroatoms. The second-order valence-corrected chi connectivity index (χ2v) is 5.49. The van der Waals surface area contributed by atoms with Crippen molar-refractivity contribution in [3.05, 3.63) is 40.9 Å². The molecule has 0 spiro atoms. The molecule has 1 aliphatic heterocycles. The number of halogens is 1. The zero-order chi connectivity index (χ0) is 14.4. The van der Waals surface area contributed by atoms with E-state index in [1.165, 1.54) is 6.42 Å². The fourth-order valence-corrected chi connectivity index (χ4v) is 2.59. The van der Waals surface area contributed by atoms with Gasteiger partial charge in [-0.15, -0.1) is 0 Å². The van der Waals surface area contributed by atoms with E-state index in [1.807, 2.05) is 35.2 Å². The van der Waals surface area contributed by atoms with Gasteiger partial charge in [-0.3, -0.25) is 9.69 Å². The second kappa shape index (κ2) is 7.46. The lowest BCUT2D eigenvalue weighted by atomic mass is 10.2.